The zero-order chi connectivity index (χ0) is 11.8. The summed E-state index contributed by atoms with van der Waals surface area (Å²) in [5.74, 6) is 0. The van der Waals surface area contributed by atoms with Gasteiger partial charge < -0.3 is 10.2 Å². The quantitative estimate of drug-likeness (QED) is 0.717. The highest BCUT2D eigenvalue weighted by Gasteiger charge is 2.06. The van der Waals surface area contributed by atoms with Crippen molar-refractivity contribution in [1.29, 1.82) is 0 Å². The Labute approximate surface area is 98.9 Å². The van der Waals surface area contributed by atoms with Gasteiger partial charge >= 0.3 is 0 Å². The smallest absolute Gasteiger partial charge is 0.0595 e. The first-order chi connectivity index (χ1) is 7.79. The van der Waals surface area contributed by atoms with Gasteiger partial charge in [0.05, 0.1) is 11.9 Å². The number of nitrogens with one attached hydrogen (secondary N) is 1. The fraction of sp³-hybridized carbons (Fsp3) is 0.615. The average Bonchev–Trinajstić information content (AvgIpc) is 2.30. The lowest BCUT2D eigenvalue weighted by Gasteiger charge is -2.21. The first-order valence-electron chi connectivity index (χ1n) is 6.08. The van der Waals surface area contributed by atoms with Crippen molar-refractivity contribution in [2.24, 2.45) is 0 Å². The van der Waals surface area contributed by atoms with Crippen LogP contribution in [0.2, 0.25) is 0 Å². The molecule has 0 aromatic carbocycles. The van der Waals surface area contributed by atoms with Gasteiger partial charge in [-0.2, -0.15) is 0 Å². The molecule has 1 aromatic heterocycles. The van der Waals surface area contributed by atoms with Gasteiger partial charge in [-0.3, -0.25) is 4.98 Å². The Balaban J connectivity index is 2.62. The van der Waals surface area contributed by atoms with Crippen LogP contribution in [0.3, 0.4) is 0 Å². The number of anilines is 1. The van der Waals surface area contributed by atoms with Gasteiger partial charge in [0.1, 0.15) is 0 Å². The van der Waals surface area contributed by atoms with Crippen LogP contribution in [0.5, 0.6) is 0 Å². The van der Waals surface area contributed by atoms with Gasteiger partial charge in [0, 0.05) is 26.3 Å². The number of pyridine rings is 1. The Bertz CT molecular complexity index is 299. The minimum Gasteiger partial charge on any atom is -0.373 e. The number of hydrogen-bond donors (Lipinski definition) is 1. The second-order valence-electron chi connectivity index (χ2n) is 4.16. The number of nitrogens with zero attached hydrogens (tertiary/aromatic N) is 2. The molecule has 1 aromatic rings. The van der Waals surface area contributed by atoms with Crippen LogP contribution in [-0.4, -0.2) is 25.6 Å². The molecular formula is C13H23N3. The van der Waals surface area contributed by atoms with Crippen LogP contribution in [0.1, 0.15) is 31.7 Å². The van der Waals surface area contributed by atoms with Crippen LogP contribution in [0.4, 0.5) is 5.69 Å². The number of rotatable bonds is 7. The fourth-order valence-corrected chi connectivity index (χ4v) is 1.82. The summed E-state index contributed by atoms with van der Waals surface area (Å²) in [7, 11) is 4.12. The molecule has 1 N–H and O–H groups in total. The molecule has 0 atom stereocenters. The predicted octanol–water partition coefficient (Wildman–Crippen LogP) is 2.43. The monoisotopic (exact) mass is 221 g/mol. The van der Waals surface area contributed by atoms with Crippen LogP contribution < -0.4 is 10.2 Å². The van der Waals surface area contributed by atoms with E-state index in [0.29, 0.717) is 0 Å². The topological polar surface area (TPSA) is 28.2 Å². The maximum atomic E-state index is 4.21. The molecule has 3 heteroatoms. The van der Waals surface area contributed by atoms with Crippen LogP contribution >= 0.6 is 0 Å². The van der Waals surface area contributed by atoms with E-state index in [1.54, 1.807) is 0 Å². The molecule has 0 radical (unpaired) electrons. The summed E-state index contributed by atoms with van der Waals surface area (Å²) in [6.45, 7) is 4.24. The van der Waals surface area contributed by atoms with Crippen molar-refractivity contribution in [3.8, 4) is 0 Å². The fourth-order valence-electron chi connectivity index (χ4n) is 1.82. The molecular weight excluding hydrogens is 198 g/mol. The van der Waals surface area contributed by atoms with Crippen molar-refractivity contribution in [2.45, 2.75) is 32.7 Å². The first-order valence-corrected chi connectivity index (χ1v) is 6.08. The highest BCUT2D eigenvalue weighted by atomic mass is 15.1. The summed E-state index contributed by atoms with van der Waals surface area (Å²) < 4.78 is 0. The first kappa shape index (κ1) is 13.0. The standard InChI is InChI=1S/C13H23N3/c1-4-5-6-9-16(3)13-11-15-8-7-12(13)10-14-2/h7-8,11,14H,4-6,9-10H2,1-3H3. The van der Waals surface area contributed by atoms with Crippen LogP contribution in [-0.2, 0) is 6.54 Å². The lowest BCUT2D eigenvalue weighted by atomic mass is 10.2. The molecule has 0 aliphatic carbocycles. The van der Waals surface area contributed by atoms with E-state index < -0.39 is 0 Å². The molecule has 0 amide bonds. The predicted molar refractivity (Wildman–Crippen MR) is 69.8 cm³/mol. The van der Waals surface area contributed by atoms with Gasteiger partial charge in [0.25, 0.3) is 0 Å². The van der Waals surface area contributed by atoms with E-state index in [1.165, 1.54) is 30.5 Å². The summed E-state index contributed by atoms with van der Waals surface area (Å²) in [5.41, 5.74) is 2.56. The minimum atomic E-state index is 0.899. The highest BCUT2D eigenvalue weighted by molar-refractivity contribution is 5.50. The van der Waals surface area contributed by atoms with E-state index in [-0.39, 0.29) is 0 Å². The number of aromatic nitrogens is 1. The molecule has 0 spiro atoms. The molecule has 0 fully saturated rings. The number of unbranched alkanes of at least 4 members (excludes halogenated alkanes) is 2. The summed E-state index contributed by atoms with van der Waals surface area (Å²) in [6, 6.07) is 2.09. The summed E-state index contributed by atoms with van der Waals surface area (Å²) >= 11 is 0. The lowest BCUT2D eigenvalue weighted by molar-refractivity contribution is 0.700. The zero-order valence-electron chi connectivity index (χ0n) is 10.7. The van der Waals surface area contributed by atoms with Gasteiger partial charge in [-0.05, 0) is 25.1 Å². The Morgan fingerprint density at radius 1 is 1.38 bits per heavy atom. The molecule has 3 nitrogen and oxygen atoms in total. The Morgan fingerprint density at radius 3 is 2.88 bits per heavy atom. The summed E-state index contributed by atoms with van der Waals surface area (Å²) in [4.78, 5) is 6.51. The summed E-state index contributed by atoms with van der Waals surface area (Å²) in [6.07, 6.45) is 7.63. The summed E-state index contributed by atoms with van der Waals surface area (Å²) in [5, 5.41) is 3.19. The van der Waals surface area contributed by atoms with E-state index >= 15 is 0 Å². The van der Waals surface area contributed by atoms with E-state index in [0.717, 1.165) is 13.1 Å². The van der Waals surface area contributed by atoms with Gasteiger partial charge in [-0.15, -0.1) is 0 Å². The van der Waals surface area contributed by atoms with E-state index in [4.69, 9.17) is 0 Å². The van der Waals surface area contributed by atoms with Gasteiger partial charge in [-0.1, -0.05) is 19.8 Å². The lowest BCUT2D eigenvalue weighted by Crippen LogP contribution is -2.21. The molecule has 0 saturated carbocycles. The van der Waals surface area contributed by atoms with E-state index in [2.05, 4.69) is 35.2 Å². The van der Waals surface area contributed by atoms with Crippen molar-refractivity contribution in [2.75, 3.05) is 25.5 Å². The van der Waals surface area contributed by atoms with E-state index in [9.17, 15) is 0 Å². The van der Waals surface area contributed by atoms with Gasteiger partial charge in [-0.25, -0.2) is 0 Å². The molecule has 16 heavy (non-hydrogen) atoms. The largest absolute Gasteiger partial charge is 0.373 e. The molecule has 90 valence electrons. The van der Waals surface area contributed by atoms with E-state index in [1.807, 2.05) is 19.4 Å². The molecule has 0 aliphatic heterocycles. The molecule has 1 rings (SSSR count). The molecule has 0 saturated heterocycles. The highest BCUT2D eigenvalue weighted by Crippen LogP contribution is 2.18. The van der Waals surface area contributed by atoms with Crippen molar-refractivity contribution >= 4 is 5.69 Å². The molecule has 1 heterocycles. The van der Waals surface area contributed by atoms with Crippen LogP contribution in [0, 0.1) is 0 Å². The Kier molecular flexibility index (Phi) is 5.86. The molecule has 0 bridgehead atoms. The second kappa shape index (κ2) is 7.23. The second-order valence-corrected chi connectivity index (χ2v) is 4.16. The van der Waals surface area contributed by atoms with Crippen molar-refractivity contribution in [3.63, 3.8) is 0 Å². The maximum Gasteiger partial charge on any atom is 0.0595 e. The Morgan fingerprint density at radius 2 is 2.19 bits per heavy atom. The number of hydrogen-bond acceptors (Lipinski definition) is 3. The molecule has 0 aliphatic rings. The molecule has 0 unspecified atom stereocenters. The Hall–Kier alpha value is -1.09. The third-order valence-corrected chi connectivity index (χ3v) is 2.76. The minimum absolute atomic E-state index is 0.899. The van der Waals surface area contributed by atoms with Crippen molar-refractivity contribution in [1.82, 2.24) is 10.3 Å². The van der Waals surface area contributed by atoms with Crippen molar-refractivity contribution < 1.29 is 0 Å². The normalized spacial score (nSPS) is 10.4. The zero-order valence-corrected chi connectivity index (χ0v) is 10.7. The van der Waals surface area contributed by atoms with Gasteiger partial charge in [0.15, 0.2) is 0 Å². The third-order valence-electron chi connectivity index (χ3n) is 2.76. The average molecular weight is 221 g/mol. The van der Waals surface area contributed by atoms with Crippen molar-refractivity contribution in [3.05, 3.63) is 24.0 Å². The van der Waals surface area contributed by atoms with Crippen LogP contribution in [0.15, 0.2) is 18.5 Å². The SMILES string of the molecule is CCCCCN(C)c1cnccc1CNC. The van der Waals surface area contributed by atoms with Gasteiger partial charge in [0.2, 0.25) is 0 Å². The third kappa shape index (κ3) is 3.81. The maximum absolute atomic E-state index is 4.21. The van der Waals surface area contributed by atoms with Crippen LogP contribution in [0.25, 0.3) is 0 Å².